The maximum Gasteiger partial charge on any atom is 0.335 e. The summed E-state index contributed by atoms with van der Waals surface area (Å²) in [6, 6.07) is 6.69. The lowest BCUT2D eigenvalue weighted by Crippen LogP contribution is -2.48. The maximum absolute atomic E-state index is 11.0. The van der Waals surface area contributed by atoms with Crippen molar-refractivity contribution in [1.82, 2.24) is 15.5 Å². The normalized spacial score (nSPS) is 21.3. The number of piperidine rings is 1. The molecule has 1 aromatic rings. The van der Waals surface area contributed by atoms with Crippen molar-refractivity contribution in [3.63, 3.8) is 0 Å². The van der Waals surface area contributed by atoms with Gasteiger partial charge in [0.1, 0.15) is 5.75 Å². The molecule has 0 saturated carbocycles. The molecule has 0 spiro atoms. The number of rotatable bonds is 6. The van der Waals surface area contributed by atoms with Gasteiger partial charge < -0.3 is 20.5 Å². The van der Waals surface area contributed by atoms with Crippen LogP contribution in [0.25, 0.3) is 0 Å². The van der Waals surface area contributed by atoms with E-state index in [1.807, 2.05) is 19.3 Å². The molecule has 0 aliphatic carbocycles. The monoisotopic (exact) mass is 343 g/mol. The highest BCUT2D eigenvalue weighted by Gasteiger charge is 2.24. The third-order valence-electron chi connectivity index (χ3n) is 4.77. The fourth-order valence-electron chi connectivity index (χ4n) is 3.19. The standard InChI is InChI=1S/C19H25N3O3/c1-20-16-5-6-18(21-12-16)22-9-7-14(8-10-22)13-25-17-4-2-3-15(11-17)19(23)24/h2-6,11-12,14,18,20-21H,7-10,13H2,1H3,(H,23,24). The number of benzene rings is 1. The van der Waals surface area contributed by atoms with Crippen LogP contribution in [0, 0.1) is 5.92 Å². The molecule has 134 valence electrons. The quantitative estimate of drug-likeness (QED) is 0.734. The number of hydrogen-bond donors (Lipinski definition) is 3. The van der Waals surface area contributed by atoms with Crippen molar-refractivity contribution in [1.29, 1.82) is 0 Å². The molecule has 2 aliphatic rings. The molecule has 25 heavy (non-hydrogen) atoms. The lowest BCUT2D eigenvalue weighted by atomic mass is 9.97. The molecule has 1 saturated heterocycles. The van der Waals surface area contributed by atoms with E-state index >= 15 is 0 Å². The maximum atomic E-state index is 11.0. The summed E-state index contributed by atoms with van der Waals surface area (Å²) in [5.41, 5.74) is 1.35. The first-order chi connectivity index (χ1) is 12.2. The number of carboxylic acid groups (broad SMARTS) is 1. The largest absolute Gasteiger partial charge is 0.493 e. The number of aromatic carboxylic acids is 1. The van der Waals surface area contributed by atoms with E-state index in [-0.39, 0.29) is 11.7 Å². The van der Waals surface area contributed by atoms with Gasteiger partial charge in [-0.1, -0.05) is 6.07 Å². The highest BCUT2D eigenvalue weighted by molar-refractivity contribution is 5.87. The minimum Gasteiger partial charge on any atom is -0.493 e. The number of nitrogens with zero attached hydrogens (tertiary/aromatic N) is 1. The molecule has 6 heteroatoms. The smallest absolute Gasteiger partial charge is 0.335 e. The molecule has 3 rings (SSSR count). The first-order valence-corrected chi connectivity index (χ1v) is 8.68. The average Bonchev–Trinajstić information content (AvgIpc) is 2.67. The van der Waals surface area contributed by atoms with Gasteiger partial charge >= 0.3 is 5.97 Å². The molecule has 1 aromatic carbocycles. The Balaban J connectivity index is 1.44. The van der Waals surface area contributed by atoms with Gasteiger partial charge in [0.2, 0.25) is 0 Å². The predicted octanol–water partition coefficient (Wildman–Crippen LogP) is 2.02. The molecule has 1 fully saturated rings. The number of hydrogen-bond acceptors (Lipinski definition) is 5. The zero-order chi connectivity index (χ0) is 17.6. The van der Waals surface area contributed by atoms with Gasteiger partial charge in [0.15, 0.2) is 0 Å². The van der Waals surface area contributed by atoms with Crippen LogP contribution < -0.4 is 15.4 Å². The number of carboxylic acids is 1. The highest BCUT2D eigenvalue weighted by Crippen LogP contribution is 2.22. The molecular formula is C19H25N3O3. The van der Waals surface area contributed by atoms with Crippen LogP contribution in [0.5, 0.6) is 5.75 Å². The SMILES string of the molecule is CNC1=CNC(N2CCC(COc3cccc(C(=O)O)c3)CC2)C=C1. The lowest BCUT2D eigenvalue weighted by molar-refractivity contribution is 0.0696. The van der Waals surface area contributed by atoms with Gasteiger partial charge in [-0.25, -0.2) is 4.79 Å². The van der Waals surface area contributed by atoms with Gasteiger partial charge in [0.25, 0.3) is 0 Å². The van der Waals surface area contributed by atoms with Crippen molar-refractivity contribution in [2.24, 2.45) is 5.92 Å². The molecule has 1 unspecified atom stereocenters. The summed E-state index contributed by atoms with van der Waals surface area (Å²) in [6.45, 7) is 2.68. The third kappa shape index (κ3) is 4.54. The molecule has 0 radical (unpaired) electrons. The number of nitrogens with one attached hydrogen (secondary N) is 2. The van der Waals surface area contributed by atoms with E-state index in [1.165, 1.54) is 0 Å². The zero-order valence-corrected chi connectivity index (χ0v) is 14.4. The Hall–Kier alpha value is -2.47. The van der Waals surface area contributed by atoms with Crippen LogP contribution in [0.15, 0.2) is 48.3 Å². The topological polar surface area (TPSA) is 73.8 Å². The Morgan fingerprint density at radius 1 is 1.40 bits per heavy atom. The summed E-state index contributed by atoms with van der Waals surface area (Å²) >= 11 is 0. The Kier molecular flexibility index (Phi) is 5.60. The van der Waals surface area contributed by atoms with E-state index in [9.17, 15) is 4.79 Å². The van der Waals surface area contributed by atoms with Gasteiger partial charge in [-0.15, -0.1) is 0 Å². The van der Waals surface area contributed by atoms with Crippen LogP contribution >= 0.6 is 0 Å². The highest BCUT2D eigenvalue weighted by atomic mass is 16.5. The predicted molar refractivity (Wildman–Crippen MR) is 96.4 cm³/mol. The first-order valence-electron chi connectivity index (χ1n) is 8.68. The summed E-state index contributed by atoms with van der Waals surface area (Å²) in [4.78, 5) is 13.4. The second-order valence-corrected chi connectivity index (χ2v) is 6.44. The van der Waals surface area contributed by atoms with Crippen molar-refractivity contribution in [3.05, 3.63) is 53.9 Å². The van der Waals surface area contributed by atoms with E-state index in [1.54, 1.807) is 18.2 Å². The van der Waals surface area contributed by atoms with Crippen molar-refractivity contribution in [2.45, 2.75) is 19.0 Å². The summed E-state index contributed by atoms with van der Waals surface area (Å²) in [6.07, 6.45) is 8.70. The molecule has 1 atom stereocenters. The summed E-state index contributed by atoms with van der Waals surface area (Å²) < 4.78 is 5.82. The third-order valence-corrected chi connectivity index (χ3v) is 4.77. The Bertz CT molecular complexity index is 664. The first kappa shape index (κ1) is 17.4. The van der Waals surface area contributed by atoms with Crippen molar-refractivity contribution in [2.75, 3.05) is 26.7 Å². The van der Waals surface area contributed by atoms with E-state index in [4.69, 9.17) is 9.84 Å². The fraction of sp³-hybridized carbons (Fsp3) is 0.421. The minimum atomic E-state index is -0.928. The zero-order valence-electron chi connectivity index (χ0n) is 14.4. The van der Waals surface area contributed by atoms with Crippen molar-refractivity contribution in [3.8, 4) is 5.75 Å². The van der Waals surface area contributed by atoms with Gasteiger partial charge in [0.05, 0.1) is 18.3 Å². The number of ether oxygens (including phenoxy) is 1. The van der Waals surface area contributed by atoms with Gasteiger partial charge in [0, 0.05) is 32.0 Å². The van der Waals surface area contributed by atoms with Crippen LogP contribution in [-0.2, 0) is 0 Å². The second kappa shape index (κ2) is 8.07. The van der Waals surface area contributed by atoms with E-state index in [0.29, 0.717) is 18.3 Å². The van der Waals surface area contributed by atoms with Crippen molar-refractivity contribution < 1.29 is 14.6 Å². The van der Waals surface area contributed by atoms with Crippen LogP contribution in [0.2, 0.25) is 0 Å². The number of carbonyl (C=O) groups is 1. The molecule has 6 nitrogen and oxygen atoms in total. The number of likely N-dealkylation sites (N-methyl/N-ethyl adjacent to an activating group) is 1. The Morgan fingerprint density at radius 2 is 2.20 bits per heavy atom. The summed E-state index contributed by atoms with van der Waals surface area (Å²) in [7, 11) is 1.91. The molecular weight excluding hydrogens is 318 g/mol. The molecule has 2 aliphatic heterocycles. The van der Waals surface area contributed by atoms with Crippen molar-refractivity contribution >= 4 is 5.97 Å². The van der Waals surface area contributed by atoms with Gasteiger partial charge in [-0.05, 0) is 49.1 Å². The molecule has 0 amide bonds. The number of allylic oxidation sites excluding steroid dienone is 1. The molecule has 0 bridgehead atoms. The van der Waals surface area contributed by atoms with Gasteiger partial charge in [-0.2, -0.15) is 0 Å². The van der Waals surface area contributed by atoms with E-state index in [2.05, 4.69) is 27.7 Å². The van der Waals surface area contributed by atoms with Crippen LogP contribution in [-0.4, -0.2) is 48.9 Å². The summed E-state index contributed by atoms with van der Waals surface area (Å²) in [5, 5.41) is 15.6. The summed E-state index contributed by atoms with van der Waals surface area (Å²) in [5.74, 6) is 0.201. The van der Waals surface area contributed by atoms with E-state index in [0.717, 1.165) is 31.6 Å². The average molecular weight is 343 g/mol. The van der Waals surface area contributed by atoms with Crippen LogP contribution in [0.4, 0.5) is 0 Å². The molecule has 2 heterocycles. The number of dihydropyridines is 1. The molecule has 3 N–H and O–H groups in total. The van der Waals surface area contributed by atoms with Crippen LogP contribution in [0.3, 0.4) is 0 Å². The fourth-order valence-corrected chi connectivity index (χ4v) is 3.19. The van der Waals surface area contributed by atoms with Crippen LogP contribution in [0.1, 0.15) is 23.2 Å². The number of likely N-dealkylation sites (tertiary alicyclic amines) is 1. The molecule has 0 aromatic heterocycles. The van der Waals surface area contributed by atoms with E-state index < -0.39 is 5.97 Å². The lowest BCUT2D eigenvalue weighted by Gasteiger charge is -2.37. The second-order valence-electron chi connectivity index (χ2n) is 6.44. The minimum absolute atomic E-state index is 0.256. The Morgan fingerprint density at radius 3 is 2.84 bits per heavy atom. The Labute approximate surface area is 148 Å². The van der Waals surface area contributed by atoms with Gasteiger partial charge in [-0.3, -0.25) is 4.90 Å².